The lowest BCUT2D eigenvalue weighted by molar-refractivity contribution is -0.0164. The molecule has 0 fully saturated rings. The predicted octanol–water partition coefficient (Wildman–Crippen LogP) is 13.6. The summed E-state index contributed by atoms with van der Waals surface area (Å²) in [5, 5.41) is 5.73. The Morgan fingerprint density at radius 1 is 0.455 bits per heavy atom. The molecule has 0 aromatic heterocycles. The topological polar surface area (TPSA) is 129 Å². The van der Waals surface area contributed by atoms with E-state index in [0.29, 0.717) is 26.1 Å². The minimum absolute atomic E-state index is 0. The summed E-state index contributed by atoms with van der Waals surface area (Å²) in [4.78, 5) is 25.1. The molecule has 0 radical (unpaired) electrons. The standard InChI is InChI=1S/C45H92N4O4.2ClH/c1-5-7-9-11-13-15-17-19-21-23-25-27-29-31-33-35-39-48-43(50)52-41(3)45(47,37-38-46)42(4)53-44(51)49-40-36-34-32-30-28-26-24-22-20-18-16-14-12-10-8-6-2;;/h41-42H,5-40,46-47H2,1-4H3,(H,48,50)(H,49,51);2*1H. The molecule has 2 amide bonds. The van der Waals surface area contributed by atoms with Crippen molar-refractivity contribution in [2.24, 2.45) is 11.5 Å². The van der Waals surface area contributed by atoms with Crippen molar-refractivity contribution in [1.29, 1.82) is 0 Å². The maximum atomic E-state index is 12.6. The summed E-state index contributed by atoms with van der Waals surface area (Å²) < 4.78 is 11.3. The van der Waals surface area contributed by atoms with E-state index in [9.17, 15) is 9.59 Å². The number of rotatable bonds is 40. The highest BCUT2D eigenvalue weighted by atomic mass is 35.5. The minimum Gasteiger partial charge on any atom is -0.444 e. The van der Waals surface area contributed by atoms with Gasteiger partial charge in [-0.25, -0.2) is 9.59 Å². The van der Waals surface area contributed by atoms with Crippen LogP contribution < -0.4 is 22.1 Å². The molecule has 6 N–H and O–H groups in total. The van der Waals surface area contributed by atoms with Gasteiger partial charge in [-0.2, -0.15) is 0 Å². The van der Waals surface area contributed by atoms with Gasteiger partial charge in [0.1, 0.15) is 12.2 Å². The molecule has 0 heterocycles. The third kappa shape index (κ3) is 37.1. The monoisotopic (exact) mass is 825 g/mol. The molecule has 332 valence electrons. The number of carbonyl (C=O) groups excluding carboxylic acids is 2. The maximum Gasteiger partial charge on any atom is 0.407 e. The number of nitrogens with one attached hydrogen (secondary N) is 2. The average Bonchev–Trinajstić information content (AvgIpc) is 3.14. The Balaban J connectivity index is -0.0000135. The summed E-state index contributed by atoms with van der Waals surface area (Å²) in [5.74, 6) is 0. The van der Waals surface area contributed by atoms with E-state index in [-0.39, 0.29) is 24.8 Å². The maximum absolute atomic E-state index is 12.6. The molecule has 2 atom stereocenters. The van der Waals surface area contributed by atoms with Crippen LogP contribution in [0.1, 0.15) is 240 Å². The number of alkyl carbamates (subject to hydrolysis) is 2. The second-order valence-corrected chi connectivity index (χ2v) is 16.2. The average molecular weight is 826 g/mol. The van der Waals surface area contributed by atoms with Crippen molar-refractivity contribution < 1.29 is 19.1 Å². The van der Waals surface area contributed by atoms with Gasteiger partial charge in [0, 0.05) is 13.1 Å². The van der Waals surface area contributed by atoms with Crippen molar-refractivity contribution >= 4 is 37.0 Å². The molecule has 55 heavy (non-hydrogen) atoms. The van der Waals surface area contributed by atoms with Gasteiger partial charge in [0.15, 0.2) is 0 Å². The molecule has 2 unspecified atom stereocenters. The van der Waals surface area contributed by atoms with Gasteiger partial charge in [-0.3, -0.25) is 0 Å². The molecule has 0 aliphatic heterocycles. The van der Waals surface area contributed by atoms with Crippen LogP contribution in [-0.2, 0) is 9.47 Å². The second kappa shape index (κ2) is 44.1. The van der Waals surface area contributed by atoms with Gasteiger partial charge >= 0.3 is 12.2 Å². The lowest BCUT2D eigenvalue weighted by Crippen LogP contribution is -2.61. The number of carbonyl (C=O) groups is 2. The quantitative estimate of drug-likeness (QED) is 0.0455. The lowest BCUT2D eigenvalue weighted by Gasteiger charge is -2.38. The van der Waals surface area contributed by atoms with E-state index in [1.807, 2.05) is 0 Å². The highest BCUT2D eigenvalue weighted by Crippen LogP contribution is 2.23. The summed E-state index contributed by atoms with van der Waals surface area (Å²) in [7, 11) is 0. The molecule has 8 nitrogen and oxygen atoms in total. The lowest BCUT2D eigenvalue weighted by atomic mass is 9.85. The van der Waals surface area contributed by atoms with Crippen LogP contribution in [0.25, 0.3) is 0 Å². The molecule has 10 heteroatoms. The van der Waals surface area contributed by atoms with Crippen LogP contribution in [0.15, 0.2) is 0 Å². The molecule has 0 spiro atoms. The summed E-state index contributed by atoms with van der Waals surface area (Å²) >= 11 is 0. The van der Waals surface area contributed by atoms with Crippen LogP contribution >= 0.6 is 24.8 Å². The Bertz CT molecular complexity index is 753. The number of unbranched alkanes of at least 4 members (excludes halogenated alkanes) is 30. The zero-order chi connectivity index (χ0) is 39.1. The van der Waals surface area contributed by atoms with Crippen molar-refractivity contribution in [2.45, 2.75) is 257 Å². The third-order valence-electron chi connectivity index (χ3n) is 11.3. The number of nitrogens with two attached hydrogens (primary N) is 2. The molecular weight excluding hydrogens is 731 g/mol. The van der Waals surface area contributed by atoms with Gasteiger partial charge in [-0.15, -0.1) is 24.8 Å². The van der Waals surface area contributed by atoms with Crippen molar-refractivity contribution in [3.8, 4) is 0 Å². The predicted molar refractivity (Wildman–Crippen MR) is 242 cm³/mol. The van der Waals surface area contributed by atoms with E-state index in [0.717, 1.165) is 25.7 Å². The fourth-order valence-electron chi connectivity index (χ4n) is 7.34. The van der Waals surface area contributed by atoms with Crippen LogP contribution in [0, 0.1) is 0 Å². The Morgan fingerprint density at radius 2 is 0.673 bits per heavy atom. The van der Waals surface area contributed by atoms with E-state index >= 15 is 0 Å². The third-order valence-corrected chi connectivity index (χ3v) is 11.3. The van der Waals surface area contributed by atoms with Crippen molar-refractivity contribution in [2.75, 3.05) is 19.6 Å². The Labute approximate surface area is 353 Å². The fourth-order valence-corrected chi connectivity index (χ4v) is 7.34. The normalized spacial score (nSPS) is 13.2. The van der Waals surface area contributed by atoms with Gasteiger partial charge in [0.25, 0.3) is 0 Å². The zero-order valence-corrected chi connectivity index (χ0v) is 38.3. The molecule has 0 aromatic carbocycles. The van der Waals surface area contributed by atoms with Gasteiger partial charge in [0.2, 0.25) is 0 Å². The first-order valence-corrected chi connectivity index (χ1v) is 23.2. The molecule has 0 saturated heterocycles. The summed E-state index contributed by atoms with van der Waals surface area (Å²) in [6, 6.07) is 0. The Kier molecular flexibility index (Phi) is 46.8. The first-order valence-electron chi connectivity index (χ1n) is 23.2. The van der Waals surface area contributed by atoms with E-state index in [2.05, 4.69) is 24.5 Å². The van der Waals surface area contributed by atoms with E-state index in [4.69, 9.17) is 20.9 Å². The van der Waals surface area contributed by atoms with Crippen LogP contribution in [-0.4, -0.2) is 49.6 Å². The number of halogens is 2. The highest BCUT2D eigenvalue weighted by Gasteiger charge is 2.42. The van der Waals surface area contributed by atoms with Gasteiger partial charge in [0.05, 0.1) is 5.54 Å². The zero-order valence-electron chi connectivity index (χ0n) is 36.7. The fraction of sp³-hybridized carbons (Fsp3) is 0.956. The van der Waals surface area contributed by atoms with Crippen LogP contribution in [0.4, 0.5) is 9.59 Å². The Hall–Kier alpha value is -0.960. The van der Waals surface area contributed by atoms with E-state index in [1.54, 1.807) is 13.8 Å². The molecule has 0 aliphatic carbocycles. The van der Waals surface area contributed by atoms with E-state index in [1.165, 1.54) is 180 Å². The number of amides is 2. The highest BCUT2D eigenvalue weighted by molar-refractivity contribution is 5.85. The SMILES string of the molecule is CCCCCCCCCCCCCCCCCCNC(=O)OC(C)C(N)(CCN)C(C)OC(=O)NCCCCCCCCCCCCCCCCCC.Cl.Cl. The largest absolute Gasteiger partial charge is 0.444 e. The molecule has 0 aromatic rings. The summed E-state index contributed by atoms with van der Waals surface area (Å²) in [5.41, 5.74) is 11.5. The molecule has 0 saturated carbocycles. The molecule has 0 rings (SSSR count). The van der Waals surface area contributed by atoms with E-state index < -0.39 is 29.9 Å². The Morgan fingerprint density at radius 3 is 0.891 bits per heavy atom. The first-order chi connectivity index (χ1) is 25.8. The van der Waals surface area contributed by atoms with Crippen molar-refractivity contribution in [3.05, 3.63) is 0 Å². The molecule has 0 aliphatic rings. The van der Waals surface area contributed by atoms with Crippen molar-refractivity contribution in [3.63, 3.8) is 0 Å². The molecular formula is C45H94Cl2N4O4. The summed E-state index contributed by atoms with van der Waals surface area (Å²) in [6.07, 6.45) is 40.1. The number of hydrogen-bond donors (Lipinski definition) is 4. The second-order valence-electron chi connectivity index (χ2n) is 16.2. The first kappa shape index (κ1) is 58.4. The van der Waals surface area contributed by atoms with Gasteiger partial charge < -0.3 is 31.6 Å². The minimum atomic E-state index is -1.09. The molecule has 0 bridgehead atoms. The summed E-state index contributed by atoms with van der Waals surface area (Å²) in [6.45, 7) is 9.49. The van der Waals surface area contributed by atoms with Crippen LogP contribution in [0.5, 0.6) is 0 Å². The van der Waals surface area contributed by atoms with Crippen LogP contribution in [0.2, 0.25) is 0 Å². The van der Waals surface area contributed by atoms with Crippen molar-refractivity contribution in [1.82, 2.24) is 10.6 Å². The number of hydrogen-bond acceptors (Lipinski definition) is 6. The number of ether oxygens (including phenoxy) is 2. The van der Waals surface area contributed by atoms with Crippen LogP contribution in [0.3, 0.4) is 0 Å². The van der Waals surface area contributed by atoms with Gasteiger partial charge in [-0.1, -0.05) is 206 Å². The smallest absolute Gasteiger partial charge is 0.407 e. The van der Waals surface area contributed by atoms with Gasteiger partial charge in [-0.05, 0) is 39.7 Å².